The Morgan fingerprint density at radius 1 is 1.50 bits per heavy atom. The number of carbonyl (C=O) groups excluding carboxylic acids is 1. The predicted octanol–water partition coefficient (Wildman–Crippen LogP) is -0.0445. The second-order valence-corrected chi connectivity index (χ2v) is 4.89. The van der Waals surface area contributed by atoms with E-state index >= 15 is 0 Å². The van der Waals surface area contributed by atoms with Crippen molar-refractivity contribution in [1.29, 1.82) is 0 Å². The molecule has 0 aromatic rings. The molecule has 0 aliphatic rings. The van der Waals surface area contributed by atoms with E-state index < -0.39 is 5.54 Å². The number of amides is 1. The molecular formula is C9H20N2O2S. The lowest BCUT2D eigenvalue weighted by Gasteiger charge is -2.17. The third-order valence-corrected chi connectivity index (χ3v) is 2.63. The quantitative estimate of drug-likeness (QED) is 0.526. The maximum absolute atomic E-state index is 11.3. The van der Waals surface area contributed by atoms with Gasteiger partial charge in [-0.15, -0.1) is 0 Å². The fraction of sp³-hybridized carbons (Fsp3) is 0.889. The Kier molecular flexibility index (Phi) is 6.96. The summed E-state index contributed by atoms with van der Waals surface area (Å²) in [6, 6.07) is 0. The van der Waals surface area contributed by atoms with Crippen LogP contribution in [0.5, 0.6) is 0 Å². The van der Waals surface area contributed by atoms with Gasteiger partial charge in [-0.3, -0.25) is 4.79 Å². The highest BCUT2D eigenvalue weighted by Gasteiger charge is 2.20. The van der Waals surface area contributed by atoms with Crippen LogP contribution in [-0.2, 0) is 4.79 Å². The van der Waals surface area contributed by atoms with E-state index in [0.717, 1.165) is 17.9 Å². The summed E-state index contributed by atoms with van der Waals surface area (Å²) in [7, 11) is 0. The van der Waals surface area contributed by atoms with E-state index in [4.69, 9.17) is 10.8 Å². The summed E-state index contributed by atoms with van der Waals surface area (Å²) in [6.07, 6.45) is 0.807. The SMILES string of the molecule is CC(C)(N)C(=O)NCCSCCCO. The highest BCUT2D eigenvalue weighted by molar-refractivity contribution is 7.99. The van der Waals surface area contributed by atoms with Gasteiger partial charge in [0.25, 0.3) is 0 Å². The standard InChI is InChI=1S/C9H20N2O2S/c1-9(2,10)8(13)11-4-7-14-6-3-5-12/h12H,3-7,10H2,1-2H3,(H,11,13). The lowest BCUT2D eigenvalue weighted by Crippen LogP contribution is -2.49. The first-order valence-electron chi connectivity index (χ1n) is 4.74. The Morgan fingerprint density at radius 2 is 2.14 bits per heavy atom. The molecule has 4 nitrogen and oxygen atoms in total. The van der Waals surface area contributed by atoms with Crippen molar-refractivity contribution in [2.45, 2.75) is 25.8 Å². The van der Waals surface area contributed by atoms with Crippen molar-refractivity contribution in [3.8, 4) is 0 Å². The number of hydrogen-bond acceptors (Lipinski definition) is 4. The van der Waals surface area contributed by atoms with Gasteiger partial charge in [0, 0.05) is 18.9 Å². The molecule has 0 fully saturated rings. The smallest absolute Gasteiger partial charge is 0.239 e. The van der Waals surface area contributed by atoms with E-state index in [9.17, 15) is 4.79 Å². The molecule has 0 aliphatic carbocycles. The van der Waals surface area contributed by atoms with E-state index in [1.807, 2.05) is 0 Å². The summed E-state index contributed by atoms with van der Waals surface area (Å²) < 4.78 is 0. The zero-order valence-corrected chi connectivity index (χ0v) is 9.69. The summed E-state index contributed by atoms with van der Waals surface area (Å²) in [5.74, 6) is 1.67. The molecule has 4 N–H and O–H groups in total. The van der Waals surface area contributed by atoms with Crippen molar-refractivity contribution in [1.82, 2.24) is 5.32 Å². The number of hydrogen-bond donors (Lipinski definition) is 3. The lowest BCUT2D eigenvalue weighted by atomic mass is 10.1. The van der Waals surface area contributed by atoms with Gasteiger partial charge in [0.2, 0.25) is 5.91 Å². The van der Waals surface area contributed by atoms with E-state index in [1.165, 1.54) is 0 Å². The molecule has 0 aliphatic heterocycles. The number of aliphatic hydroxyl groups is 1. The van der Waals surface area contributed by atoms with Crippen LogP contribution in [0, 0.1) is 0 Å². The van der Waals surface area contributed by atoms with E-state index in [1.54, 1.807) is 25.6 Å². The second kappa shape index (κ2) is 7.09. The van der Waals surface area contributed by atoms with Crippen LogP contribution in [-0.4, -0.2) is 41.2 Å². The molecule has 84 valence electrons. The van der Waals surface area contributed by atoms with Crippen LogP contribution < -0.4 is 11.1 Å². The molecule has 0 radical (unpaired) electrons. The van der Waals surface area contributed by atoms with Crippen molar-refractivity contribution < 1.29 is 9.90 Å². The van der Waals surface area contributed by atoms with Gasteiger partial charge in [0.15, 0.2) is 0 Å². The largest absolute Gasteiger partial charge is 0.396 e. The molecule has 0 spiro atoms. The van der Waals surface area contributed by atoms with Gasteiger partial charge < -0.3 is 16.2 Å². The Hall–Kier alpha value is -0.260. The number of aliphatic hydroxyl groups excluding tert-OH is 1. The minimum Gasteiger partial charge on any atom is -0.396 e. The Labute approximate surface area is 89.6 Å². The lowest BCUT2D eigenvalue weighted by molar-refractivity contribution is -0.125. The predicted molar refractivity (Wildman–Crippen MR) is 60.3 cm³/mol. The molecule has 0 aromatic carbocycles. The molecule has 0 heterocycles. The number of rotatable bonds is 7. The van der Waals surface area contributed by atoms with Gasteiger partial charge in [-0.1, -0.05) is 0 Å². The maximum atomic E-state index is 11.3. The third kappa shape index (κ3) is 7.17. The zero-order valence-electron chi connectivity index (χ0n) is 8.88. The first kappa shape index (κ1) is 13.7. The highest BCUT2D eigenvalue weighted by atomic mass is 32.2. The first-order valence-corrected chi connectivity index (χ1v) is 5.89. The first-order chi connectivity index (χ1) is 6.48. The molecule has 0 saturated carbocycles. The van der Waals surface area contributed by atoms with Crippen molar-refractivity contribution in [2.24, 2.45) is 5.73 Å². The molecular weight excluding hydrogens is 200 g/mol. The number of carbonyl (C=O) groups is 1. The van der Waals surface area contributed by atoms with Crippen LogP contribution in [0.1, 0.15) is 20.3 Å². The van der Waals surface area contributed by atoms with Crippen LogP contribution in [0.25, 0.3) is 0 Å². The average Bonchev–Trinajstić information content (AvgIpc) is 2.09. The van der Waals surface area contributed by atoms with E-state index in [0.29, 0.717) is 6.54 Å². The number of nitrogens with one attached hydrogen (secondary N) is 1. The summed E-state index contributed by atoms with van der Waals surface area (Å²) in [6.45, 7) is 4.23. The van der Waals surface area contributed by atoms with Gasteiger partial charge in [-0.05, 0) is 26.0 Å². The van der Waals surface area contributed by atoms with Crippen LogP contribution in [0.4, 0.5) is 0 Å². The molecule has 0 rings (SSSR count). The normalized spacial score (nSPS) is 11.4. The fourth-order valence-corrected chi connectivity index (χ4v) is 1.52. The molecule has 0 unspecified atom stereocenters. The Morgan fingerprint density at radius 3 is 2.64 bits per heavy atom. The highest BCUT2D eigenvalue weighted by Crippen LogP contribution is 2.01. The molecule has 1 amide bonds. The molecule has 0 atom stereocenters. The van der Waals surface area contributed by atoms with E-state index in [2.05, 4.69) is 5.32 Å². The number of nitrogens with two attached hydrogens (primary N) is 1. The molecule has 0 aromatic heterocycles. The minimum absolute atomic E-state index is 0.125. The topological polar surface area (TPSA) is 75.4 Å². The van der Waals surface area contributed by atoms with Crippen LogP contribution in [0.2, 0.25) is 0 Å². The van der Waals surface area contributed by atoms with Crippen LogP contribution in [0.15, 0.2) is 0 Å². The van der Waals surface area contributed by atoms with E-state index in [-0.39, 0.29) is 12.5 Å². The molecule has 5 heteroatoms. The molecule has 0 saturated heterocycles. The molecule has 14 heavy (non-hydrogen) atoms. The summed E-state index contributed by atoms with van der Waals surface area (Å²) in [4.78, 5) is 11.3. The minimum atomic E-state index is -0.796. The van der Waals surface area contributed by atoms with Gasteiger partial charge in [-0.2, -0.15) is 11.8 Å². The van der Waals surface area contributed by atoms with Crippen LogP contribution in [0.3, 0.4) is 0 Å². The van der Waals surface area contributed by atoms with Crippen molar-refractivity contribution in [3.05, 3.63) is 0 Å². The van der Waals surface area contributed by atoms with Crippen molar-refractivity contribution >= 4 is 17.7 Å². The van der Waals surface area contributed by atoms with Gasteiger partial charge >= 0.3 is 0 Å². The number of thioether (sulfide) groups is 1. The zero-order chi connectivity index (χ0) is 11.0. The van der Waals surface area contributed by atoms with Gasteiger partial charge in [-0.25, -0.2) is 0 Å². The second-order valence-electron chi connectivity index (χ2n) is 3.67. The van der Waals surface area contributed by atoms with Gasteiger partial charge in [0.05, 0.1) is 5.54 Å². The Balaban J connectivity index is 3.33. The maximum Gasteiger partial charge on any atom is 0.239 e. The average molecular weight is 220 g/mol. The summed E-state index contributed by atoms with van der Waals surface area (Å²) in [5, 5.41) is 11.3. The summed E-state index contributed by atoms with van der Waals surface area (Å²) in [5.41, 5.74) is 4.79. The monoisotopic (exact) mass is 220 g/mol. The third-order valence-electron chi connectivity index (χ3n) is 1.56. The van der Waals surface area contributed by atoms with Gasteiger partial charge in [0.1, 0.15) is 0 Å². The van der Waals surface area contributed by atoms with Crippen LogP contribution >= 0.6 is 11.8 Å². The van der Waals surface area contributed by atoms with Crippen molar-refractivity contribution in [3.63, 3.8) is 0 Å². The fourth-order valence-electron chi connectivity index (χ4n) is 0.733. The summed E-state index contributed by atoms with van der Waals surface area (Å²) >= 11 is 1.71. The van der Waals surface area contributed by atoms with Crippen molar-refractivity contribution in [2.75, 3.05) is 24.7 Å². The Bertz CT molecular complexity index is 169. The molecule has 0 bridgehead atoms.